The topological polar surface area (TPSA) is 26.0 Å². The number of furan rings is 1. The molecule has 0 fully saturated rings. The smallest absolute Gasteiger partial charge is 0.134 e. The number of halogens is 1. The molecular formula is C16H14ClNO. The molecule has 0 bridgehead atoms. The molecule has 2 heterocycles. The van der Waals surface area contributed by atoms with Crippen molar-refractivity contribution in [2.75, 3.05) is 0 Å². The maximum Gasteiger partial charge on any atom is 0.134 e. The van der Waals surface area contributed by atoms with Gasteiger partial charge in [-0.15, -0.1) is 11.6 Å². The van der Waals surface area contributed by atoms with E-state index < -0.39 is 0 Å². The minimum absolute atomic E-state index is 0.157. The molecule has 0 saturated heterocycles. The normalized spacial score (nSPS) is 12.7. The average Bonchev–Trinajstić information content (AvgIpc) is 2.83. The zero-order valence-corrected chi connectivity index (χ0v) is 11.4. The van der Waals surface area contributed by atoms with Gasteiger partial charge in [-0.3, -0.25) is 4.98 Å². The van der Waals surface area contributed by atoms with Crippen molar-refractivity contribution in [3.05, 3.63) is 65.7 Å². The fraction of sp³-hybridized carbons (Fsp3) is 0.188. The highest BCUT2D eigenvalue weighted by atomic mass is 35.5. The fourth-order valence-corrected chi connectivity index (χ4v) is 2.45. The van der Waals surface area contributed by atoms with E-state index in [2.05, 4.69) is 18.0 Å². The first-order valence-electron chi connectivity index (χ1n) is 6.25. The number of rotatable bonds is 3. The van der Waals surface area contributed by atoms with E-state index >= 15 is 0 Å². The van der Waals surface area contributed by atoms with E-state index in [1.807, 2.05) is 30.3 Å². The molecule has 1 aromatic carbocycles. The molecule has 0 saturated carbocycles. The number of hydrogen-bond donors (Lipinski definition) is 0. The van der Waals surface area contributed by atoms with Crippen molar-refractivity contribution in [1.29, 1.82) is 0 Å². The van der Waals surface area contributed by atoms with Crippen LogP contribution in [0.2, 0.25) is 0 Å². The summed E-state index contributed by atoms with van der Waals surface area (Å²) in [4.78, 5) is 4.00. The first kappa shape index (κ1) is 12.2. The molecule has 2 nitrogen and oxygen atoms in total. The van der Waals surface area contributed by atoms with Crippen molar-refractivity contribution in [3.63, 3.8) is 0 Å². The average molecular weight is 272 g/mol. The molecule has 0 aliphatic heterocycles. The maximum atomic E-state index is 6.44. The number of aryl methyl sites for hydroxylation is 1. The van der Waals surface area contributed by atoms with Gasteiger partial charge >= 0.3 is 0 Å². The number of aromatic nitrogens is 1. The van der Waals surface area contributed by atoms with E-state index in [9.17, 15) is 0 Å². The monoisotopic (exact) mass is 271 g/mol. The molecule has 1 atom stereocenters. The summed E-state index contributed by atoms with van der Waals surface area (Å²) in [5, 5.41) is 0.950. The number of pyridine rings is 1. The summed E-state index contributed by atoms with van der Waals surface area (Å²) < 4.78 is 5.81. The summed E-state index contributed by atoms with van der Waals surface area (Å²) in [6.45, 7) is 2.07. The van der Waals surface area contributed by atoms with Crippen LogP contribution in [0, 0.1) is 6.92 Å². The first-order chi connectivity index (χ1) is 9.22. The number of hydrogen-bond acceptors (Lipinski definition) is 2. The summed E-state index contributed by atoms with van der Waals surface area (Å²) in [5.74, 6) is 0.819. The van der Waals surface area contributed by atoms with Crippen molar-refractivity contribution < 1.29 is 4.42 Å². The highest BCUT2D eigenvalue weighted by molar-refractivity contribution is 6.20. The third kappa shape index (κ3) is 2.64. The molecule has 1 unspecified atom stereocenters. The largest absolute Gasteiger partial charge is 0.459 e. The van der Waals surface area contributed by atoms with Crippen molar-refractivity contribution in [2.24, 2.45) is 0 Å². The van der Waals surface area contributed by atoms with Gasteiger partial charge in [0.05, 0.1) is 5.38 Å². The van der Waals surface area contributed by atoms with Crippen molar-refractivity contribution in [1.82, 2.24) is 4.98 Å². The number of alkyl halides is 1. The minimum Gasteiger partial charge on any atom is -0.459 e. The van der Waals surface area contributed by atoms with Crippen LogP contribution < -0.4 is 0 Å². The van der Waals surface area contributed by atoms with E-state index in [1.54, 1.807) is 12.4 Å². The zero-order valence-electron chi connectivity index (χ0n) is 10.6. The minimum atomic E-state index is -0.157. The standard InChI is InChI=1S/C16H14ClNO/c1-11-2-3-15-13(8-11)10-16(19-15)14(17)9-12-4-6-18-7-5-12/h2-8,10,14H,9H2,1H3. The van der Waals surface area contributed by atoms with Crippen LogP contribution in [-0.4, -0.2) is 4.98 Å². The molecule has 0 N–H and O–H groups in total. The van der Waals surface area contributed by atoms with E-state index in [0.29, 0.717) is 0 Å². The lowest BCUT2D eigenvalue weighted by molar-refractivity contribution is 0.540. The predicted molar refractivity (Wildman–Crippen MR) is 77.5 cm³/mol. The van der Waals surface area contributed by atoms with E-state index in [0.717, 1.165) is 28.7 Å². The zero-order chi connectivity index (χ0) is 13.2. The van der Waals surface area contributed by atoms with Crippen LogP contribution in [0.25, 0.3) is 11.0 Å². The summed E-state index contributed by atoms with van der Waals surface area (Å²) in [7, 11) is 0. The Bertz CT molecular complexity index is 690. The number of fused-ring (bicyclic) bond motifs is 1. The molecular weight excluding hydrogens is 258 g/mol. The second-order valence-corrected chi connectivity index (χ2v) is 5.24. The Morgan fingerprint density at radius 1 is 1.16 bits per heavy atom. The van der Waals surface area contributed by atoms with Gasteiger partial charge in [0.2, 0.25) is 0 Å². The van der Waals surface area contributed by atoms with Gasteiger partial charge in [0.15, 0.2) is 0 Å². The summed E-state index contributed by atoms with van der Waals surface area (Å²) in [6.07, 6.45) is 4.30. The summed E-state index contributed by atoms with van der Waals surface area (Å²) >= 11 is 6.44. The molecule has 0 radical (unpaired) electrons. The molecule has 0 aliphatic rings. The lowest BCUT2D eigenvalue weighted by atomic mass is 10.1. The summed E-state index contributed by atoms with van der Waals surface area (Å²) in [6, 6.07) is 12.1. The molecule has 3 aromatic rings. The molecule has 3 heteroatoms. The van der Waals surface area contributed by atoms with E-state index in [4.69, 9.17) is 16.0 Å². The number of nitrogens with zero attached hydrogens (tertiary/aromatic N) is 1. The van der Waals surface area contributed by atoms with Crippen LogP contribution in [0.15, 0.2) is 53.2 Å². The Labute approximate surface area is 117 Å². The third-order valence-corrected chi connectivity index (χ3v) is 3.53. The fourth-order valence-electron chi connectivity index (χ4n) is 2.16. The van der Waals surface area contributed by atoms with Gasteiger partial charge in [0.25, 0.3) is 0 Å². The van der Waals surface area contributed by atoms with Crippen LogP contribution >= 0.6 is 11.6 Å². The second-order valence-electron chi connectivity index (χ2n) is 4.72. The van der Waals surface area contributed by atoms with Gasteiger partial charge in [0.1, 0.15) is 11.3 Å². The number of benzene rings is 1. The molecule has 0 amide bonds. The quantitative estimate of drug-likeness (QED) is 0.648. The Morgan fingerprint density at radius 3 is 2.74 bits per heavy atom. The lowest BCUT2D eigenvalue weighted by Crippen LogP contribution is -1.94. The SMILES string of the molecule is Cc1ccc2oc(C(Cl)Cc3ccncc3)cc2c1. The lowest BCUT2D eigenvalue weighted by Gasteiger charge is -2.05. The van der Waals surface area contributed by atoms with Crippen LogP contribution in [-0.2, 0) is 6.42 Å². The first-order valence-corrected chi connectivity index (χ1v) is 6.69. The van der Waals surface area contributed by atoms with Crippen LogP contribution in [0.1, 0.15) is 22.3 Å². The van der Waals surface area contributed by atoms with Crippen LogP contribution in [0.3, 0.4) is 0 Å². The van der Waals surface area contributed by atoms with Gasteiger partial charge in [-0.1, -0.05) is 11.6 Å². The van der Waals surface area contributed by atoms with Crippen LogP contribution in [0.5, 0.6) is 0 Å². The molecule has 19 heavy (non-hydrogen) atoms. The Morgan fingerprint density at radius 2 is 1.95 bits per heavy atom. The highest BCUT2D eigenvalue weighted by Crippen LogP contribution is 2.30. The third-order valence-electron chi connectivity index (χ3n) is 3.16. The molecule has 0 spiro atoms. The van der Waals surface area contributed by atoms with E-state index in [1.165, 1.54) is 5.56 Å². The van der Waals surface area contributed by atoms with Crippen molar-refractivity contribution in [3.8, 4) is 0 Å². The van der Waals surface area contributed by atoms with Gasteiger partial charge < -0.3 is 4.42 Å². The Balaban J connectivity index is 1.87. The van der Waals surface area contributed by atoms with Crippen LogP contribution in [0.4, 0.5) is 0 Å². The molecule has 2 aromatic heterocycles. The van der Waals surface area contributed by atoms with Gasteiger partial charge in [-0.25, -0.2) is 0 Å². The van der Waals surface area contributed by atoms with Gasteiger partial charge in [0, 0.05) is 17.8 Å². The van der Waals surface area contributed by atoms with Crippen molar-refractivity contribution >= 4 is 22.6 Å². The van der Waals surface area contributed by atoms with Crippen molar-refractivity contribution in [2.45, 2.75) is 18.7 Å². The van der Waals surface area contributed by atoms with Gasteiger partial charge in [-0.05, 0) is 49.2 Å². The van der Waals surface area contributed by atoms with Gasteiger partial charge in [-0.2, -0.15) is 0 Å². The van der Waals surface area contributed by atoms with E-state index in [-0.39, 0.29) is 5.38 Å². The highest BCUT2D eigenvalue weighted by Gasteiger charge is 2.14. The predicted octanol–water partition coefficient (Wildman–Crippen LogP) is 4.66. The molecule has 96 valence electrons. The molecule has 3 rings (SSSR count). The summed E-state index contributed by atoms with van der Waals surface area (Å²) in [5.41, 5.74) is 3.27. The Hall–Kier alpha value is -1.80. The molecule has 0 aliphatic carbocycles. The Kier molecular flexibility index (Phi) is 3.26. The maximum absolute atomic E-state index is 6.44. The second kappa shape index (κ2) is 5.06.